The molecule has 27 heavy (non-hydrogen) atoms. The maximum absolute atomic E-state index is 12.9. The van der Waals surface area contributed by atoms with E-state index in [1.165, 1.54) is 0 Å². The molecule has 3 aromatic rings. The van der Waals surface area contributed by atoms with E-state index in [0.29, 0.717) is 5.56 Å². The number of fused-ring (bicyclic) bond motifs is 1. The van der Waals surface area contributed by atoms with E-state index < -0.39 is 0 Å². The number of pyridine rings is 1. The topological polar surface area (TPSA) is 73.1 Å². The molecule has 4 rings (SSSR count). The van der Waals surface area contributed by atoms with Crippen molar-refractivity contribution in [3.63, 3.8) is 0 Å². The highest BCUT2D eigenvalue weighted by atomic mass is 32.1. The Morgan fingerprint density at radius 2 is 2.04 bits per heavy atom. The lowest BCUT2D eigenvalue weighted by molar-refractivity contribution is -0.122. The molecular formula is C20H19N5OS. The molecule has 0 spiro atoms. The number of benzene rings is 1. The van der Waals surface area contributed by atoms with Crippen LogP contribution in [0, 0.1) is 17.2 Å². The van der Waals surface area contributed by atoms with Crippen LogP contribution in [0.15, 0.2) is 42.6 Å². The summed E-state index contributed by atoms with van der Waals surface area (Å²) in [7, 11) is 1.81. The minimum atomic E-state index is -0.00311. The Labute approximate surface area is 161 Å². The number of nitriles is 1. The summed E-state index contributed by atoms with van der Waals surface area (Å²) in [4.78, 5) is 25.7. The van der Waals surface area contributed by atoms with Gasteiger partial charge in [-0.2, -0.15) is 5.26 Å². The van der Waals surface area contributed by atoms with Gasteiger partial charge in [0.05, 0.1) is 15.8 Å². The van der Waals surface area contributed by atoms with Crippen LogP contribution in [0.2, 0.25) is 0 Å². The Bertz CT molecular complexity index is 966. The van der Waals surface area contributed by atoms with E-state index in [0.717, 1.165) is 47.1 Å². The largest absolute Gasteiger partial charge is 0.357 e. The van der Waals surface area contributed by atoms with E-state index in [2.05, 4.69) is 20.9 Å². The average Bonchev–Trinajstić information content (AvgIpc) is 3.17. The molecule has 3 heterocycles. The predicted molar refractivity (Wildman–Crippen MR) is 107 cm³/mol. The number of rotatable bonds is 3. The van der Waals surface area contributed by atoms with Crippen LogP contribution >= 0.6 is 11.3 Å². The van der Waals surface area contributed by atoms with Crippen molar-refractivity contribution in [3.8, 4) is 6.07 Å². The Kier molecular flexibility index (Phi) is 4.73. The first-order chi connectivity index (χ1) is 13.2. The zero-order valence-corrected chi connectivity index (χ0v) is 15.8. The van der Waals surface area contributed by atoms with Gasteiger partial charge >= 0.3 is 0 Å². The zero-order valence-electron chi connectivity index (χ0n) is 15.0. The maximum Gasteiger partial charge on any atom is 0.231 e. The van der Waals surface area contributed by atoms with Crippen molar-refractivity contribution in [2.24, 2.45) is 5.92 Å². The van der Waals surface area contributed by atoms with E-state index in [4.69, 9.17) is 5.26 Å². The van der Waals surface area contributed by atoms with Crippen molar-refractivity contribution in [2.45, 2.75) is 12.8 Å². The van der Waals surface area contributed by atoms with Gasteiger partial charge in [0, 0.05) is 32.3 Å². The van der Waals surface area contributed by atoms with Gasteiger partial charge in [-0.05, 0) is 37.1 Å². The number of para-hydroxylation sites is 1. The smallest absolute Gasteiger partial charge is 0.231 e. The summed E-state index contributed by atoms with van der Waals surface area (Å²) >= 11 is 1.55. The van der Waals surface area contributed by atoms with Crippen LogP contribution in [-0.4, -0.2) is 36.0 Å². The molecule has 6 nitrogen and oxygen atoms in total. The maximum atomic E-state index is 12.9. The Morgan fingerprint density at radius 1 is 1.26 bits per heavy atom. The normalized spacial score (nSPS) is 14.9. The first-order valence-electron chi connectivity index (χ1n) is 8.90. The number of thiazole rings is 1. The van der Waals surface area contributed by atoms with Gasteiger partial charge in [0.15, 0.2) is 5.13 Å². The van der Waals surface area contributed by atoms with Gasteiger partial charge < -0.3 is 4.90 Å². The molecule has 1 saturated heterocycles. The lowest BCUT2D eigenvalue weighted by Gasteiger charge is -2.33. The van der Waals surface area contributed by atoms with Gasteiger partial charge in [-0.15, -0.1) is 0 Å². The van der Waals surface area contributed by atoms with E-state index >= 15 is 0 Å². The Morgan fingerprint density at radius 3 is 2.70 bits per heavy atom. The van der Waals surface area contributed by atoms with Crippen LogP contribution in [0.4, 0.5) is 10.9 Å². The highest BCUT2D eigenvalue weighted by molar-refractivity contribution is 7.22. The van der Waals surface area contributed by atoms with E-state index in [9.17, 15) is 4.79 Å². The number of carbonyl (C=O) groups excluding carboxylic acids is 1. The molecule has 136 valence electrons. The van der Waals surface area contributed by atoms with Crippen LogP contribution < -0.4 is 9.80 Å². The lowest BCUT2D eigenvalue weighted by atomic mass is 9.95. The summed E-state index contributed by atoms with van der Waals surface area (Å²) in [5, 5.41) is 9.62. The van der Waals surface area contributed by atoms with Crippen LogP contribution in [0.1, 0.15) is 18.4 Å². The molecule has 1 fully saturated rings. The molecule has 2 aromatic heterocycles. The number of piperidine rings is 1. The minimum absolute atomic E-state index is 0.00311. The van der Waals surface area contributed by atoms with E-state index in [1.54, 1.807) is 28.5 Å². The fourth-order valence-corrected chi connectivity index (χ4v) is 4.30. The van der Waals surface area contributed by atoms with Gasteiger partial charge in [0.1, 0.15) is 11.9 Å². The summed E-state index contributed by atoms with van der Waals surface area (Å²) in [5.41, 5.74) is 1.49. The third-order valence-corrected chi connectivity index (χ3v) is 6.06. The zero-order chi connectivity index (χ0) is 18.8. The summed E-state index contributed by atoms with van der Waals surface area (Å²) < 4.78 is 1.09. The average molecular weight is 377 g/mol. The molecule has 1 aromatic carbocycles. The molecule has 0 bridgehead atoms. The molecule has 0 aliphatic carbocycles. The molecule has 1 amide bonds. The van der Waals surface area contributed by atoms with E-state index in [1.807, 2.05) is 37.4 Å². The first-order valence-corrected chi connectivity index (χ1v) is 9.71. The number of hydrogen-bond donors (Lipinski definition) is 0. The summed E-state index contributed by atoms with van der Waals surface area (Å²) in [6.45, 7) is 1.56. The van der Waals surface area contributed by atoms with Crippen LogP contribution in [-0.2, 0) is 4.79 Å². The van der Waals surface area contributed by atoms with Gasteiger partial charge in [0.2, 0.25) is 5.91 Å². The summed E-state index contributed by atoms with van der Waals surface area (Å²) in [6, 6.07) is 13.7. The van der Waals surface area contributed by atoms with E-state index in [-0.39, 0.29) is 11.8 Å². The van der Waals surface area contributed by atoms with Crippen LogP contribution in [0.25, 0.3) is 10.2 Å². The minimum Gasteiger partial charge on any atom is -0.357 e. The molecule has 0 atom stereocenters. The Hall–Kier alpha value is -2.98. The second-order valence-electron chi connectivity index (χ2n) is 6.64. The third kappa shape index (κ3) is 3.49. The predicted octanol–water partition coefficient (Wildman–Crippen LogP) is 3.44. The summed E-state index contributed by atoms with van der Waals surface area (Å²) in [5.74, 6) is 0.984. The molecule has 1 aliphatic rings. The fourth-order valence-electron chi connectivity index (χ4n) is 3.37. The lowest BCUT2D eigenvalue weighted by Crippen LogP contribution is -2.41. The fraction of sp³-hybridized carbons (Fsp3) is 0.300. The number of amides is 1. The van der Waals surface area contributed by atoms with Crippen molar-refractivity contribution < 1.29 is 4.79 Å². The van der Waals surface area contributed by atoms with Crippen molar-refractivity contribution >= 4 is 38.4 Å². The van der Waals surface area contributed by atoms with Crippen molar-refractivity contribution in [3.05, 3.63) is 48.2 Å². The SMILES string of the molecule is CN(C(=O)C1CCN(c2ccc(C#N)cn2)CC1)c1nc2ccccc2s1. The van der Waals surface area contributed by atoms with Gasteiger partial charge in [0.25, 0.3) is 0 Å². The van der Waals surface area contributed by atoms with Crippen molar-refractivity contribution in [1.29, 1.82) is 5.26 Å². The van der Waals surface area contributed by atoms with Crippen molar-refractivity contribution in [2.75, 3.05) is 29.9 Å². The van der Waals surface area contributed by atoms with Gasteiger partial charge in [-0.25, -0.2) is 9.97 Å². The third-order valence-electron chi connectivity index (χ3n) is 4.95. The molecule has 0 saturated carbocycles. The van der Waals surface area contributed by atoms with Crippen LogP contribution in [0.3, 0.4) is 0 Å². The van der Waals surface area contributed by atoms with Gasteiger partial charge in [-0.1, -0.05) is 23.5 Å². The molecule has 7 heteroatoms. The molecule has 0 radical (unpaired) electrons. The number of nitrogens with zero attached hydrogens (tertiary/aromatic N) is 5. The van der Waals surface area contributed by atoms with Crippen molar-refractivity contribution in [1.82, 2.24) is 9.97 Å². The first kappa shape index (κ1) is 17.4. The highest BCUT2D eigenvalue weighted by Gasteiger charge is 2.29. The summed E-state index contributed by atoms with van der Waals surface area (Å²) in [6.07, 6.45) is 3.17. The second kappa shape index (κ2) is 7.33. The van der Waals surface area contributed by atoms with Crippen LogP contribution in [0.5, 0.6) is 0 Å². The number of carbonyl (C=O) groups is 1. The monoisotopic (exact) mass is 377 g/mol. The molecular weight excluding hydrogens is 358 g/mol. The quantitative estimate of drug-likeness (QED) is 0.699. The second-order valence-corrected chi connectivity index (χ2v) is 7.65. The number of anilines is 2. The molecule has 1 aliphatic heterocycles. The Balaban J connectivity index is 1.41. The number of aromatic nitrogens is 2. The molecule has 0 unspecified atom stereocenters. The molecule has 0 N–H and O–H groups in total. The van der Waals surface area contributed by atoms with Gasteiger partial charge in [-0.3, -0.25) is 9.69 Å². The number of hydrogen-bond acceptors (Lipinski definition) is 6. The highest BCUT2D eigenvalue weighted by Crippen LogP contribution is 2.30. The standard InChI is InChI=1S/C20H19N5OS/c1-24(20-23-16-4-2-3-5-17(16)27-20)19(26)15-8-10-25(11-9-15)18-7-6-14(12-21)13-22-18/h2-7,13,15H,8-11H2,1H3.